The summed E-state index contributed by atoms with van der Waals surface area (Å²) in [4.78, 5) is 9.00. The van der Waals surface area contributed by atoms with E-state index in [2.05, 4.69) is 34.3 Å². The monoisotopic (exact) mass is 423 g/mol. The number of aromatic nitrogens is 4. The van der Waals surface area contributed by atoms with Crippen LogP contribution in [-0.4, -0.2) is 38.4 Å². The highest BCUT2D eigenvalue weighted by atomic mass is 19.1. The Morgan fingerprint density at radius 3 is 2.68 bits per heavy atom. The normalized spacial score (nSPS) is 23.1. The molecule has 2 aromatic heterocycles. The number of aliphatic hydroxyl groups excluding tert-OH is 1. The smallest absolute Gasteiger partial charge is 0.222 e. The van der Waals surface area contributed by atoms with Crippen LogP contribution in [0.25, 0.3) is 11.3 Å². The summed E-state index contributed by atoms with van der Waals surface area (Å²) < 4.78 is 28.7. The van der Waals surface area contributed by atoms with Gasteiger partial charge in [-0.15, -0.1) is 5.10 Å². The molecule has 0 amide bonds. The summed E-state index contributed by atoms with van der Waals surface area (Å²) in [5.41, 5.74) is 2.02. The molecule has 6 nitrogen and oxygen atoms in total. The van der Waals surface area contributed by atoms with E-state index in [1.165, 1.54) is 18.2 Å². The third kappa shape index (κ3) is 2.70. The van der Waals surface area contributed by atoms with Crippen LogP contribution in [0.2, 0.25) is 0 Å². The first-order valence-electron chi connectivity index (χ1n) is 10.4. The van der Waals surface area contributed by atoms with Crippen LogP contribution in [0.3, 0.4) is 0 Å². The Labute approximate surface area is 178 Å². The van der Waals surface area contributed by atoms with E-state index in [1.807, 2.05) is 6.07 Å². The summed E-state index contributed by atoms with van der Waals surface area (Å²) in [6.45, 7) is 4.73. The molecule has 31 heavy (non-hydrogen) atoms. The topological polar surface area (TPSA) is 83.8 Å². The molecule has 2 atom stereocenters. The zero-order valence-electron chi connectivity index (χ0n) is 17.4. The maximum atomic E-state index is 14.4. The Morgan fingerprint density at radius 2 is 1.94 bits per heavy atom. The van der Waals surface area contributed by atoms with Crippen molar-refractivity contribution in [3.63, 3.8) is 0 Å². The van der Waals surface area contributed by atoms with Crippen molar-refractivity contribution in [2.75, 3.05) is 18.5 Å². The number of nitrogens with one attached hydrogen (secondary N) is 1. The predicted octanol–water partition coefficient (Wildman–Crippen LogP) is 3.82. The van der Waals surface area contributed by atoms with Crippen molar-refractivity contribution in [1.82, 2.24) is 20.2 Å². The second-order valence-corrected chi connectivity index (χ2v) is 8.76. The van der Waals surface area contributed by atoms with Crippen molar-refractivity contribution in [1.29, 1.82) is 0 Å². The maximum absolute atomic E-state index is 14.4. The lowest BCUT2D eigenvalue weighted by molar-refractivity contribution is 0.243. The maximum Gasteiger partial charge on any atom is 0.222 e. The van der Waals surface area contributed by atoms with Gasteiger partial charge in [-0.1, -0.05) is 19.9 Å². The molecule has 0 saturated heterocycles. The molecule has 2 aliphatic rings. The van der Waals surface area contributed by atoms with Gasteiger partial charge in [0, 0.05) is 12.7 Å². The van der Waals surface area contributed by atoms with Crippen LogP contribution in [0.4, 0.5) is 14.7 Å². The van der Waals surface area contributed by atoms with Gasteiger partial charge in [-0.25, -0.2) is 18.7 Å². The second kappa shape index (κ2) is 7.02. The third-order valence-corrected chi connectivity index (χ3v) is 7.09. The number of fused-ring (bicyclic) bond motifs is 5. The average molecular weight is 423 g/mol. The van der Waals surface area contributed by atoms with Crippen LogP contribution < -0.4 is 5.32 Å². The van der Waals surface area contributed by atoms with Gasteiger partial charge in [0.15, 0.2) is 0 Å². The fraction of sp³-hybridized carbons (Fsp3) is 0.391. The minimum atomic E-state index is -0.651. The highest BCUT2D eigenvalue weighted by molar-refractivity contribution is 5.64. The van der Waals surface area contributed by atoms with Crippen molar-refractivity contribution in [3.8, 4) is 11.3 Å². The molecular weight excluding hydrogens is 400 g/mol. The lowest BCUT2D eigenvalue weighted by Gasteiger charge is -2.37. The standard InChI is InChI=1S/C23H23F2N5O/c1-22(2)14-6-8-23(22,18-7-9-26-21(28-18)27-10-11-31)20-13(14)12-17(29-30-20)19-15(24)4-3-5-16(19)25/h3-5,7,9,12,14,31H,6,8,10-11H2,1-2H3,(H,26,27,28)/t14-,23+/m0/s1. The van der Waals surface area contributed by atoms with Gasteiger partial charge in [-0.3, -0.25) is 0 Å². The molecule has 160 valence electrons. The van der Waals surface area contributed by atoms with Gasteiger partial charge in [0.05, 0.1) is 34.7 Å². The molecule has 0 radical (unpaired) electrons. The van der Waals surface area contributed by atoms with Gasteiger partial charge in [0.2, 0.25) is 5.95 Å². The molecule has 3 aromatic rings. The van der Waals surface area contributed by atoms with Crippen molar-refractivity contribution in [2.45, 2.75) is 38.0 Å². The lowest BCUT2D eigenvalue weighted by atomic mass is 9.66. The van der Waals surface area contributed by atoms with Gasteiger partial charge in [0.25, 0.3) is 0 Å². The molecule has 2 bridgehead atoms. The molecule has 5 rings (SSSR count). The number of hydrogen-bond acceptors (Lipinski definition) is 6. The lowest BCUT2D eigenvalue weighted by Crippen LogP contribution is -2.38. The van der Waals surface area contributed by atoms with E-state index >= 15 is 0 Å². The molecule has 2 heterocycles. The van der Waals surface area contributed by atoms with Crippen LogP contribution in [0.15, 0.2) is 36.5 Å². The number of aliphatic hydroxyl groups is 1. The number of rotatable bonds is 5. The highest BCUT2D eigenvalue weighted by Gasteiger charge is 2.65. The fourth-order valence-electron chi connectivity index (χ4n) is 5.61. The minimum Gasteiger partial charge on any atom is -0.395 e. The molecule has 0 spiro atoms. The molecule has 8 heteroatoms. The van der Waals surface area contributed by atoms with E-state index in [4.69, 9.17) is 10.1 Å². The van der Waals surface area contributed by atoms with Crippen LogP contribution in [0.1, 0.15) is 49.6 Å². The SMILES string of the molecule is CC1(C)[C@H]2CC[C@@]1(c1ccnc(NCCO)n1)c1nnc(-c3c(F)cccc3F)cc12. The van der Waals surface area contributed by atoms with Crippen molar-refractivity contribution in [2.24, 2.45) is 5.41 Å². The largest absolute Gasteiger partial charge is 0.395 e. The number of halogens is 2. The van der Waals surface area contributed by atoms with Crippen molar-refractivity contribution < 1.29 is 13.9 Å². The van der Waals surface area contributed by atoms with E-state index in [1.54, 1.807) is 12.3 Å². The summed E-state index contributed by atoms with van der Waals surface area (Å²) in [5.74, 6) is -0.675. The minimum absolute atomic E-state index is 0.0179. The van der Waals surface area contributed by atoms with E-state index in [-0.39, 0.29) is 29.2 Å². The van der Waals surface area contributed by atoms with E-state index in [0.717, 1.165) is 29.8 Å². The fourth-order valence-corrected chi connectivity index (χ4v) is 5.61. The van der Waals surface area contributed by atoms with Gasteiger partial charge in [-0.2, -0.15) is 5.10 Å². The Morgan fingerprint density at radius 1 is 1.16 bits per heavy atom. The van der Waals surface area contributed by atoms with Crippen LogP contribution in [0, 0.1) is 17.0 Å². The molecule has 0 unspecified atom stereocenters. The Kier molecular flexibility index (Phi) is 4.51. The van der Waals surface area contributed by atoms with E-state index in [0.29, 0.717) is 12.5 Å². The first-order valence-corrected chi connectivity index (χ1v) is 10.4. The summed E-state index contributed by atoms with van der Waals surface area (Å²) in [6.07, 6.45) is 3.49. The zero-order chi connectivity index (χ0) is 21.8. The highest BCUT2D eigenvalue weighted by Crippen LogP contribution is 2.69. The summed E-state index contributed by atoms with van der Waals surface area (Å²) in [5, 5.41) is 20.9. The molecule has 1 saturated carbocycles. The third-order valence-electron chi connectivity index (χ3n) is 7.09. The van der Waals surface area contributed by atoms with Crippen molar-refractivity contribution in [3.05, 3.63) is 65.1 Å². The molecule has 2 N–H and O–H groups in total. The van der Waals surface area contributed by atoms with Gasteiger partial charge in [0.1, 0.15) is 11.6 Å². The van der Waals surface area contributed by atoms with E-state index < -0.39 is 17.0 Å². The molecule has 2 aliphatic carbocycles. The van der Waals surface area contributed by atoms with Crippen molar-refractivity contribution >= 4 is 5.95 Å². The predicted molar refractivity (Wildman–Crippen MR) is 112 cm³/mol. The van der Waals surface area contributed by atoms with Gasteiger partial charge < -0.3 is 10.4 Å². The van der Waals surface area contributed by atoms with Crippen LogP contribution in [0.5, 0.6) is 0 Å². The quantitative estimate of drug-likeness (QED) is 0.649. The number of nitrogens with zero attached hydrogens (tertiary/aromatic N) is 4. The van der Waals surface area contributed by atoms with Gasteiger partial charge in [-0.05, 0) is 54.0 Å². The number of hydrogen-bond donors (Lipinski definition) is 2. The van der Waals surface area contributed by atoms with Gasteiger partial charge >= 0.3 is 0 Å². The summed E-state index contributed by atoms with van der Waals surface area (Å²) >= 11 is 0. The molecular formula is C23H23F2N5O. The summed E-state index contributed by atoms with van der Waals surface area (Å²) in [7, 11) is 0. The van der Waals surface area contributed by atoms with Crippen LogP contribution >= 0.6 is 0 Å². The molecule has 0 aliphatic heterocycles. The zero-order valence-corrected chi connectivity index (χ0v) is 17.4. The molecule has 1 fully saturated rings. The molecule has 1 aromatic carbocycles. The Balaban J connectivity index is 1.66. The van der Waals surface area contributed by atoms with Crippen LogP contribution in [-0.2, 0) is 5.41 Å². The average Bonchev–Trinajstić information content (AvgIpc) is 3.14. The van der Waals surface area contributed by atoms with E-state index in [9.17, 15) is 8.78 Å². The Hall–Kier alpha value is -3.00. The second-order valence-electron chi connectivity index (χ2n) is 8.76. The summed E-state index contributed by atoms with van der Waals surface area (Å²) in [6, 6.07) is 7.49. The number of anilines is 1. The Bertz CT molecular complexity index is 1150. The first kappa shape index (κ1) is 19.9. The first-order chi connectivity index (χ1) is 14.9. The number of benzene rings is 1.